The molecule has 1 aliphatic rings. The van der Waals surface area contributed by atoms with Gasteiger partial charge in [-0.05, 0) is 59.5 Å². The van der Waals surface area contributed by atoms with Crippen LogP contribution in [0.1, 0.15) is 29.2 Å². The minimum absolute atomic E-state index is 0.0923. The summed E-state index contributed by atoms with van der Waals surface area (Å²) in [7, 11) is -4.31. The van der Waals surface area contributed by atoms with Crippen LogP contribution in [-0.4, -0.2) is 42.4 Å². The number of hydrogen-bond donors (Lipinski definition) is 3. The Bertz CT molecular complexity index is 1470. The Morgan fingerprint density at radius 2 is 1.71 bits per heavy atom. The van der Waals surface area contributed by atoms with Crippen LogP contribution in [0.5, 0.6) is 0 Å². The Morgan fingerprint density at radius 1 is 1.00 bits per heavy atom. The van der Waals surface area contributed by atoms with Crippen molar-refractivity contribution < 1.29 is 23.4 Å². The van der Waals surface area contributed by atoms with Crippen LogP contribution in [-0.2, 0) is 21.1 Å². The average molecular weight is 573 g/mol. The molecule has 0 saturated carbocycles. The molecule has 0 heterocycles. The third-order valence-corrected chi connectivity index (χ3v) is 9.43. The lowest BCUT2D eigenvalue weighted by Crippen LogP contribution is -2.46. The number of carboxylic acids is 1. The number of aliphatic carboxylic acids is 1. The predicted molar refractivity (Wildman–Crippen MR) is 150 cm³/mol. The van der Waals surface area contributed by atoms with Crippen LogP contribution in [0.2, 0.25) is 5.02 Å². The predicted octanol–water partition coefficient (Wildman–Crippen LogP) is 5.41. The van der Waals surface area contributed by atoms with E-state index in [4.69, 9.17) is 23.2 Å². The fourth-order valence-corrected chi connectivity index (χ4v) is 6.75. The molecule has 0 spiro atoms. The molecule has 0 saturated heterocycles. The van der Waals surface area contributed by atoms with E-state index in [9.17, 15) is 23.4 Å². The minimum atomic E-state index is -4.31. The van der Waals surface area contributed by atoms with E-state index < -0.39 is 26.7 Å². The number of carboxylic acid groups (broad SMARTS) is 1. The van der Waals surface area contributed by atoms with Crippen LogP contribution in [0, 0.1) is 0 Å². The highest BCUT2D eigenvalue weighted by molar-refractivity contribution is 7.93. The standard InChI is InChI=1S/C29H27Cl2NO5S/c30-23-8-4-7-22(17-23)27(33)19-32-16-14-20-9-11-24(12-10-20)38(36,37)29(28(34)35)15-13-25(26(31)18-29)21-5-2-1-3-6-21/h1-13,15,17,27,32-33H,14,16,18-19H2,(H,34,35)/t27-,29?/m0/s1. The number of allylic oxidation sites excluding steroid dienone is 3. The van der Waals surface area contributed by atoms with Gasteiger partial charge >= 0.3 is 5.97 Å². The van der Waals surface area contributed by atoms with Crippen molar-refractivity contribution in [1.29, 1.82) is 0 Å². The number of aliphatic hydroxyl groups excluding tert-OH is 1. The van der Waals surface area contributed by atoms with Crippen LogP contribution >= 0.6 is 23.2 Å². The van der Waals surface area contributed by atoms with E-state index in [2.05, 4.69) is 5.32 Å². The molecule has 198 valence electrons. The van der Waals surface area contributed by atoms with Gasteiger partial charge in [-0.2, -0.15) is 0 Å². The summed E-state index contributed by atoms with van der Waals surface area (Å²) in [5.74, 6) is -1.48. The maximum absolute atomic E-state index is 13.6. The van der Waals surface area contributed by atoms with Crippen LogP contribution in [0.15, 0.2) is 101 Å². The van der Waals surface area contributed by atoms with E-state index in [-0.39, 0.29) is 16.3 Å². The zero-order valence-electron chi connectivity index (χ0n) is 20.3. The van der Waals surface area contributed by atoms with Gasteiger partial charge in [-0.25, -0.2) is 8.42 Å². The molecule has 38 heavy (non-hydrogen) atoms. The summed E-state index contributed by atoms with van der Waals surface area (Å²) in [6.07, 6.45) is 2.21. The maximum Gasteiger partial charge on any atom is 0.329 e. The van der Waals surface area contributed by atoms with E-state index in [1.54, 1.807) is 36.4 Å². The first-order chi connectivity index (χ1) is 18.1. The number of rotatable bonds is 10. The second-order valence-electron chi connectivity index (χ2n) is 9.06. The lowest BCUT2D eigenvalue weighted by molar-refractivity contribution is -0.138. The summed E-state index contributed by atoms with van der Waals surface area (Å²) in [5, 5.41) is 24.3. The number of carbonyl (C=O) groups is 1. The molecule has 3 N–H and O–H groups in total. The average Bonchev–Trinajstić information content (AvgIpc) is 2.91. The minimum Gasteiger partial charge on any atom is -0.480 e. The van der Waals surface area contributed by atoms with Gasteiger partial charge in [0.15, 0.2) is 14.6 Å². The first kappa shape index (κ1) is 28.1. The van der Waals surface area contributed by atoms with Crippen LogP contribution < -0.4 is 5.32 Å². The summed E-state index contributed by atoms with van der Waals surface area (Å²) >= 11 is 12.4. The zero-order chi connectivity index (χ0) is 27.3. The van der Waals surface area contributed by atoms with Gasteiger partial charge in [-0.15, -0.1) is 0 Å². The fraction of sp³-hybridized carbons (Fsp3) is 0.207. The molecule has 0 fully saturated rings. The van der Waals surface area contributed by atoms with Gasteiger partial charge < -0.3 is 15.5 Å². The zero-order valence-corrected chi connectivity index (χ0v) is 22.7. The third kappa shape index (κ3) is 5.87. The number of halogens is 2. The molecule has 1 aliphatic carbocycles. The molecule has 4 rings (SSSR count). The van der Waals surface area contributed by atoms with Crippen molar-refractivity contribution in [2.24, 2.45) is 0 Å². The molecule has 2 atom stereocenters. The quantitative estimate of drug-likeness (QED) is 0.281. The monoisotopic (exact) mass is 571 g/mol. The SMILES string of the molecule is O=C(O)C1(S(=O)(=O)c2ccc(CCNC[C@H](O)c3cccc(Cl)c3)cc2)C=CC(c2ccccc2)=C(Cl)C1. The normalized spacial score (nSPS) is 18.4. The molecule has 0 amide bonds. The van der Waals surface area contributed by atoms with Crippen molar-refractivity contribution in [3.8, 4) is 0 Å². The Hall–Kier alpha value is -2.94. The molecule has 3 aromatic rings. The summed E-state index contributed by atoms with van der Waals surface area (Å²) in [6.45, 7) is 0.883. The first-order valence-corrected chi connectivity index (χ1v) is 14.2. The van der Waals surface area contributed by atoms with Crippen LogP contribution in [0.3, 0.4) is 0 Å². The van der Waals surface area contributed by atoms with Gasteiger partial charge in [-0.3, -0.25) is 4.79 Å². The summed E-state index contributed by atoms with van der Waals surface area (Å²) in [4.78, 5) is 12.3. The highest BCUT2D eigenvalue weighted by atomic mass is 35.5. The molecule has 6 nitrogen and oxygen atoms in total. The van der Waals surface area contributed by atoms with Crippen LogP contribution in [0.25, 0.3) is 5.57 Å². The summed E-state index contributed by atoms with van der Waals surface area (Å²) in [5.41, 5.74) is 2.96. The van der Waals surface area contributed by atoms with Crippen molar-refractivity contribution in [2.75, 3.05) is 13.1 Å². The molecule has 0 aromatic heterocycles. The number of hydrogen-bond acceptors (Lipinski definition) is 5. The maximum atomic E-state index is 13.6. The van der Waals surface area contributed by atoms with Gasteiger partial charge in [0.25, 0.3) is 0 Å². The number of sulfone groups is 1. The Labute approximate surface area is 232 Å². The molecule has 3 aromatic carbocycles. The van der Waals surface area contributed by atoms with Crippen molar-refractivity contribution in [3.05, 3.63) is 118 Å². The fourth-order valence-electron chi connectivity index (χ4n) is 4.36. The van der Waals surface area contributed by atoms with Crippen molar-refractivity contribution in [2.45, 2.75) is 28.6 Å². The van der Waals surface area contributed by atoms with E-state index in [0.29, 0.717) is 30.1 Å². The second-order valence-corrected chi connectivity index (χ2v) is 12.2. The molecular weight excluding hydrogens is 545 g/mol. The van der Waals surface area contributed by atoms with Gasteiger partial charge in [0.05, 0.1) is 11.0 Å². The summed E-state index contributed by atoms with van der Waals surface area (Å²) < 4.78 is 25.0. The lowest BCUT2D eigenvalue weighted by Gasteiger charge is -2.29. The molecule has 0 aliphatic heterocycles. The van der Waals surface area contributed by atoms with Crippen molar-refractivity contribution in [1.82, 2.24) is 5.32 Å². The second kappa shape index (κ2) is 11.8. The van der Waals surface area contributed by atoms with Crippen LogP contribution in [0.4, 0.5) is 0 Å². The van der Waals surface area contributed by atoms with E-state index in [0.717, 1.165) is 16.7 Å². The van der Waals surface area contributed by atoms with Gasteiger partial charge in [-0.1, -0.05) is 90.0 Å². The molecule has 0 radical (unpaired) electrons. The number of nitrogens with one attached hydrogen (secondary N) is 1. The van der Waals surface area contributed by atoms with E-state index in [1.165, 1.54) is 24.3 Å². The molecule has 9 heteroatoms. The van der Waals surface area contributed by atoms with Gasteiger partial charge in [0.1, 0.15) is 0 Å². The van der Waals surface area contributed by atoms with Gasteiger partial charge in [0, 0.05) is 23.0 Å². The van der Waals surface area contributed by atoms with E-state index >= 15 is 0 Å². The molecular formula is C29H27Cl2NO5S. The summed E-state index contributed by atoms with van der Waals surface area (Å²) in [6, 6.07) is 22.4. The molecule has 1 unspecified atom stereocenters. The van der Waals surface area contributed by atoms with Crippen molar-refractivity contribution in [3.63, 3.8) is 0 Å². The van der Waals surface area contributed by atoms with Gasteiger partial charge in [0.2, 0.25) is 0 Å². The third-order valence-electron chi connectivity index (χ3n) is 6.55. The number of benzene rings is 3. The Kier molecular flexibility index (Phi) is 8.75. The number of aliphatic hydroxyl groups is 1. The Morgan fingerprint density at radius 3 is 2.34 bits per heavy atom. The topological polar surface area (TPSA) is 104 Å². The first-order valence-electron chi connectivity index (χ1n) is 12.0. The van der Waals surface area contributed by atoms with E-state index in [1.807, 2.05) is 30.3 Å². The lowest BCUT2D eigenvalue weighted by atomic mass is 9.92. The van der Waals surface area contributed by atoms with Crippen molar-refractivity contribution >= 4 is 44.6 Å². The highest BCUT2D eigenvalue weighted by Gasteiger charge is 2.51. The highest BCUT2D eigenvalue weighted by Crippen LogP contribution is 2.41. The molecule has 0 bridgehead atoms. The largest absolute Gasteiger partial charge is 0.480 e. The smallest absolute Gasteiger partial charge is 0.329 e. The Balaban J connectivity index is 1.43.